The van der Waals surface area contributed by atoms with Gasteiger partial charge in [0, 0.05) is 22.7 Å². The van der Waals surface area contributed by atoms with Crippen LogP contribution in [0.25, 0.3) is 16.6 Å². The maximum absolute atomic E-state index is 4.83. The van der Waals surface area contributed by atoms with Gasteiger partial charge in [-0.3, -0.25) is 4.40 Å². The molecule has 3 heterocycles. The van der Waals surface area contributed by atoms with Gasteiger partial charge in [-0.2, -0.15) is 0 Å². The smallest absolute Gasteiger partial charge is 0.149 e. The molecule has 5 heteroatoms. The molecule has 0 atom stereocenters. The average molecular weight is 375 g/mol. The van der Waals surface area contributed by atoms with E-state index >= 15 is 0 Å². The summed E-state index contributed by atoms with van der Waals surface area (Å²) in [4.78, 5) is 14.1. The largest absolute Gasteiger partial charge is 0.299 e. The Bertz CT molecular complexity index is 911. The van der Waals surface area contributed by atoms with Crippen LogP contribution in [0.2, 0.25) is 0 Å². The molecular formula is C18H23BrN4. The Balaban J connectivity index is 2.48. The summed E-state index contributed by atoms with van der Waals surface area (Å²) in [6.07, 6.45) is 1.91. The highest BCUT2D eigenvalue weighted by Gasteiger charge is 2.24. The fraction of sp³-hybridized carbons (Fsp3) is 0.500. The van der Waals surface area contributed by atoms with Gasteiger partial charge in [-0.15, -0.1) is 0 Å². The zero-order valence-corrected chi connectivity index (χ0v) is 16.4. The van der Waals surface area contributed by atoms with Crippen LogP contribution in [0.1, 0.15) is 58.8 Å². The first-order valence-electron chi connectivity index (χ1n) is 7.85. The van der Waals surface area contributed by atoms with Crippen molar-refractivity contribution >= 4 is 32.5 Å². The van der Waals surface area contributed by atoms with E-state index in [0.717, 1.165) is 32.7 Å². The number of aryl methyl sites for hydroxylation is 1. The lowest BCUT2D eigenvalue weighted by Crippen LogP contribution is -2.19. The van der Waals surface area contributed by atoms with E-state index in [1.807, 2.05) is 6.20 Å². The van der Waals surface area contributed by atoms with Gasteiger partial charge in [0.1, 0.15) is 16.1 Å². The van der Waals surface area contributed by atoms with Crippen molar-refractivity contribution in [3.05, 3.63) is 34.1 Å². The molecule has 3 rings (SSSR count). The van der Waals surface area contributed by atoms with Crippen LogP contribution in [0.3, 0.4) is 0 Å². The Labute approximate surface area is 145 Å². The molecule has 0 spiro atoms. The van der Waals surface area contributed by atoms with E-state index in [0.29, 0.717) is 0 Å². The lowest BCUT2D eigenvalue weighted by Gasteiger charge is -2.23. The van der Waals surface area contributed by atoms with E-state index < -0.39 is 0 Å². The first kappa shape index (κ1) is 16.4. The van der Waals surface area contributed by atoms with Crippen molar-refractivity contribution < 1.29 is 0 Å². The van der Waals surface area contributed by atoms with Crippen LogP contribution in [-0.4, -0.2) is 19.4 Å². The molecule has 0 fully saturated rings. The Kier molecular flexibility index (Phi) is 3.56. The monoisotopic (exact) mass is 374 g/mol. The Morgan fingerprint density at radius 1 is 1.00 bits per heavy atom. The van der Waals surface area contributed by atoms with E-state index in [1.165, 1.54) is 5.69 Å². The Morgan fingerprint density at radius 2 is 1.65 bits per heavy atom. The molecule has 0 aromatic carbocycles. The van der Waals surface area contributed by atoms with Crippen molar-refractivity contribution in [3.63, 3.8) is 0 Å². The molecule has 3 aromatic heterocycles. The highest BCUT2D eigenvalue weighted by Crippen LogP contribution is 2.32. The van der Waals surface area contributed by atoms with Crippen molar-refractivity contribution in [3.8, 4) is 0 Å². The third-order valence-corrected chi connectivity index (χ3v) is 4.81. The van der Waals surface area contributed by atoms with E-state index in [1.54, 1.807) is 0 Å². The molecule has 0 N–H and O–H groups in total. The van der Waals surface area contributed by atoms with Gasteiger partial charge >= 0.3 is 0 Å². The van der Waals surface area contributed by atoms with Crippen molar-refractivity contribution in [2.75, 3.05) is 0 Å². The van der Waals surface area contributed by atoms with Gasteiger partial charge in [0.25, 0.3) is 0 Å². The standard InChI is InChI=1S/C18H23BrN4/c1-10-14(19)22-15-11-9-20-16(18(5,6)7)21-12(11)8-13(23(10)15)17(2,3)4/h8-9H,1-7H3. The number of pyridine rings is 1. The van der Waals surface area contributed by atoms with Crippen LogP contribution in [-0.2, 0) is 10.8 Å². The predicted molar refractivity (Wildman–Crippen MR) is 98.1 cm³/mol. The van der Waals surface area contributed by atoms with Gasteiger partial charge in [0.2, 0.25) is 0 Å². The predicted octanol–water partition coefficient (Wildman–Crippen LogP) is 4.94. The highest BCUT2D eigenvalue weighted by atomic mass is 79.9. The van der Waals surface area contributed by atoms with Crippen molar-refractivity contribution in [1.29, 1.82) is 0 Å². The summed E-state index contributed by atoms with van der Waals surface area (Å²) in [5, 5.41) is 0.986. The molecule has 0 saturated carbocycles. The molecule has 0 aliphatic heterocycles. The molecule has 3 aromatic rings. The summed E-state index contributed by atoms with van der Waals surface area (Å²) in [5.74, 6) is 0.858. The molecule has 23 heavy (non-hydrogen) atoms. The molecule has 0 aliphatic carbocycles. The number of fused-ring (bicyclic) bond motifs is 3. The van der Waals surface area contributed by atoms with Crippen molar-refractivity contribution in [1.82, 2.24) is 19.4 Å². The fourth-order valence-electron chi connectivity index (χ4n) is 2.74. The molecule has 0 unspecified atom stereocenters. The Hall–Kier alpha value is -1.49. The highest BCUT2D eigenvalue weighted by molar-refractivity contribution is 9.10. The maximum Gasteiger partial charge on any atom is 0.149 e. The van der Waals surface area contributed by atoms with Crippen LogP contribution in [0.15, 0.2) is 16.9 Å². The lowest BCUT2D eigenvalue weighted by molar-refractivity contribution is 0.546. The number of halogens is 1. The number of hydrogen-bond donors (Lipinski definition) is 0. The second kappa shape index (κ2) is 5.00. The molecule has 0 bridgehead atoms. The summed E-state index contributed by atoms with van der Waals surface area (Å²) in [5.41, 5.74) is 4.09. The number of aromatic nitrogens is 4. The molecule has 0 radical (unpaired) electrons. The summed E-state index contributed by atoms with van der Waals surface area (Å²) in [6.45, 7) is 15.1. The first-order chi connectivity index (χ1) is 10.5. The second-order valence-electron chi connectivity index (χ2n) is 8.17. The fourth-order valence-corrected chi connectivity index (χ4v) is 3.08. The Morgan fingerprint density at radius 3 is 2.22 bits per heavy atom. The lowest BCUT2D eigenvalue weighted by atomic mass is 9.90. The maximum atomic E-state index is 4.83. The minimum absolute atomic E-state index is 0.00974. The van der Waals surface area contributed by atoms with Crippen LogP contribution in [0, 0.1) is 6.92 Å². The number of imidazole rings is 1. The van der Waals surface area contributed by atoms with E-state index in [4.69, 9.17) is 9.97 Å². The van der Waals surface area contributed by atoms with E-state index in [-0.39, 0.29) is 10.8 Å². The normalized spacial score (nSPS) is 13.2. The van der Waals surface area contributed by atoms with Crippen molar-refractivity contribution in [2.24, 2.45) is 0 Å². The van der Waals surface area contributed by atoms with Gasteiger partial charge in [-0.05, 0) is 28.9 Å². The van der Waals surface area contributed by atoms with Crippen LogP contribution in [0.4, 0.5) is 0 Å². The average Bonchev–Trinajstić information content (AvgIpc) is 2.72. The van der Waals surface area contributed by atoms with Gasteiger partial charge in [-0.25, -0.2) is 15.0 Å². The minimum atomic E-state index is -0.0753. The number of rotatable bonds is 0. The zero-order valence-electron chi connectivity index (χ0n) is 14.8. The molecular weight excluding hydrogens is 352 g/mol. The van der Waals surface area contributed by atoms with Crippen LogP contribution < -0.4 is 0 Å². The number of hydrogen-bond acceptors (Lipinski definition) is 3. The summed E-state index contributed by atoms with van der Waals surface area (Å²) >= 11 is 3.57. The quantitative estimate of drug-likeness (QED) is 0.559. The van der Waals surface area contributed by atoms with Gasteiger partial charge < -0.3 is 0 Å². The van der Waals surface area contributed by atoms with Gasteiger partial charge in [0.15, 0.2) is 0 Å². The topological polar surface area (TPSA) is 43.1 Å². The van der Waals surface area contributed by atoms with Crippen molar-refractivity contribution in [2.45, 2.75) is 59.3 Å². The summed E-state index contributed by atoms with van der Waals surface area (Å²) in [7, 11) is 0. The molecule has 122 valence electrons. The molecule has 0 aliphatic rings. The van der Waals surface area contributed by atoms with Gasteiger partial charge in [-0.1, -0.05) is 41.5 Å². The van der Waals surface area contributed by atoms with Gasteiger partial charge in [0.05, 0.1) is 16.6 Å². The molecule has 0 amide bonds. The van der Waals surface area contributed by atoms with E-state index in [2.05, 4.69) is 79.8 Å². The molecule has 0 saturated heterocycles. The van der Waals surface area contributed by atoms with E-state index in [9.17, 15) is 0 Å². The SMILES string of the molecule is Cc1c(Br)nc2c3cnc(C(C)(C)C)nc3cc(C(C)(C)C)n12. The number of nitrogens with zero attached hydrogens (tertiary/aromatic N) is 4. The summed E-state index contributed by atoms with van der Waals surface area (Å²) < 4.78 is 3.09. The zero-order chi connectivity index (χ0) is 17.2. The minimum Gasteiger partial charge on any atom is -0.299 e. The third-order valence-electron chi connectivity index (χ3n) is 4.06. The first-order valence-corrected chi connectivity index (χ1v) is 8.65. The third kappa shape index (κ3) is 2.65. The summed E-state index contributed by atoms with van der Waals surface area (Å²) in [6, 6.07) is 2.18. The molecule has 4 nitrogen and oxygen atoms in total. The van der Waals surface area contributed by atoms with Crippen LogP contribution >= 0.6 is 15.9 Å². The van der Waals surface area contributed by atoms with Crippen LogP contribution in [0.5, 0.6) is 0 Å². The second-order valence-corrected chi connectivity index (χ2v) is 8.92.